The van der Waals surface area contributed by atoms with Crippen LogP contribution in [-0.2, 0) is 27.1 Å². The number of fused-ring (bicyclic) bond motifs is 2. The summed E-state index contributed by atoms with van der Waals surface area (Å²) in [6.07, 6.45) is 1.89. The Bertz CT molecular complexity index is 896. The molecule has 0 spiro atoms. The van der Waals surface area contributed by atoms with E-state index in [1.165, 1.54) is 40.4 Å². The van der Waals surface area contributed by atoms with Crippen molar-refractivity contribution >= 4 is 29.5 Å². The van der Waals surface area contributed by atoms with E-state index in [9.17, 15) is 4.79 Å². The highest BCUT2D eigenvalue weighted by Crippen LogP contribution is 2.47. The number of likely N-dealkylation sites (tertiary alicyclic amines) is 1. The largest absolute Gasteiger partial charge is 0.469 e. The number of nitrogens with zero attached hydrogens (tertiary/aromatic N) is 1. The molecule has 3 atom stereocenters. The van der Waals surface area contributed by atoms with E-state index in [2.05, 4.69) is 62.5 Å². The number of aromatic nitrogens is 1. The maximum absolute atomic E-state index is 12.2. The van der Waals surface area contributed by atoms with Gasteiger partial charge in [-0.25, -0.2) is 0 Å². The minimum atomic E-state index is -0.0845. The van der Waals surface area contributed by atoms with Crippen LogP contribution in [0.15, 0.2) is 12.1 Å². The first-order chi connectivity index (χ1) is 12.8. The van der Waals surface area contributed by atoms with Gasteiger partial charge in [-0.1, -0.05) is 32.9 Å². The molecule has 0 bridgehead atoms. The number of methoxy groups -OCH3 is 1. The first-order valence-electron chi connectivity index (χ1n) is 9.82. The van der Waals surface area contributed by atoms with Crippen molar-refractivity contribution < 1.29 is 9.53 Å². The standard InChI is InChI=1S/C22H30N2O2S/c1-22(2,3)16-7-6-13-14-8-12(21(25)26-5)10-24(4)18(14)9-15-17(11-27)23-20(16)19(13)15/h6-7,12,14,18,23,27H,8-11H2,1-5H3/t12?,14-,18-/m1/s1. The van der Waals surface area contributed by atoms with E-state index in [0.717, 1.165) is 25.1 Å². The van der Waals surface area contributed by atoms with E-state index in [4.69, 9.17) is 4.74 Å². The van der Waals surface area contributed by atoms with E-state index >= 15 is 0 Å². The molecule has 0 amide bonds. The number of hydrogen-bond acceptors (Lipinski definition) is 4. The Morgan fingerprint density at radius 1 is 1.37 bits per heavy atom. The van der Waals surface area contributed by atoms with Crippen molar-refractivity contribution in [1.29, 1.82) is 0 Å². The third-order valence-electron chi connectivity index (χ3n) is 6.57. The normalized spacial score (nSPS) is 25.5. The van der Waals surface area contributed by atoms with Gasteiger partial charge >= 0.3 is 5.97 Å². The van der Waals surface area contributed by atoms with Crippen molar-refractivity contribution in [3.05, 3.63) is 34.5 Å². The lowest BCUT2D eigenvalue weighted by molar-refractivity contribution is -0.148. The number of carbonyl (C=O) groups excluding carboxylic acids is 1. The van der Waals surface area contributed by atoms with Gasteiger partial charge in [-0.05, 0) is 42.0 Å². The van der Waals surface area contributed by atoms with Crippen molar-refractivity contribution in [2.24, 2.45) is 5.92 Å². The zero-order chi connectivity index (χ0) is 19.5. The van der Waals surface area contributed by atoms with Crippen LogP contribution >= 0.6 is 12.6 Å². The Labute approximate surface area is 167 Å². The summed E-state index contributed by atoms with van der Waals surface area (Å²) in [6.45, 7) is 7.56. The van der Waals surface area contributed by atoms with E-state index in [0.29, 0.717) is 12.0 Å². The number of ether oxygens (including phenoxy) is 1. The fourth-order valence-electron chi connectivity index (χ4n) is 5.25. The minimum Gasteiger partial charge on any atom is -0.469 e. The number of rotatable bonds is 2. The van der Waals surface area contributed by atoms with E-state index in [1.807, 2.05) is 0 Å². The van der Waals surface area contributed by atoms with Gasteiger partial charge < -0.3 is 14.6 Å². The average Bonchev–Trinajstić information content (AvgIpc) is 3.00. The van der Waals surface area contributed by atoms with Crippen molar-refractivity contribution in [2.45, 2.75) is 56.7 Å². The lowest BCUT2D eigenvalue weighted by Gasteiger charge is -2.45. The molecule has 1 unspecified atom stereocenters. The second-order valence-corrected chi connectivity index (χ2v) is 9.53. The predicted octanol–water partition coefficient (Wildman–Crippen LogP) is 4.03. The third kappa shape index (κ3) is 2.90. The second-order valence-electron chi connectivity index (χ2n) is 9.22. The molecule has 2 heterocycles. The smallest absolute Gasteiger partial charge is 0.309 e. The van der Waals surface area contributed by atoms with Crippen LogP contribution in [0, 0.1) is 5.92 Å². The summed E-state index contributed by atoms with van der Waals surface area (Å²) in [5, 5.41) is 1.38. The van der Waals surface area contributed by atoms with Crippen LogP contribution in [0.2, 0.25) is 0 Å². The van der Waals surface area contributed by atoms with Crippen molar-refractivity contribution in [3.63, 3.8) is 0 Å². The quantitative estimate of drug-likeness (QED) is 0.605. The molecule has 146 valence electrons. The molecule has 2 aromatic rings. The summed E-state index contributed by atoms with van der Waals surface area (Å²) in [5.41, 5.74) is 6.74. The third-order valence-corrected chi connectivity index (χ3v) is 6.89. The van der Waals surface area contributed by atoms with Crippen LogP contribution in [0.3, 0.4) is 0 Å². The van der Waals surface area contributed by atoms with Crippen LogP contribution < -0.4 is 0 Å². The Hall–Kier alpha value is -1.46. The Balaban J connectivity index is 1.89. The Morgan fingerprint density at radius 2 is 2.11 bits per heavy atom. The van der Waals surface area contributed by atoms with E-state index in [1.54, 1.807) is 0 Å². The molecule has 1 aromatic carbocycles. The highest BCUT2D eigenvalue weighted by molar-refractivity contribution is 7.79. The molecule has 27 heavy (non-hydrogen) atoms. The highest BCUT2D eigenvalue weighted by Gasteiger charge is 2.43. The molecule has 0 saturated carbocycles. The summed E-state index contributed by atoms with van der Waals surface area (Å²) in [4.78, 5) is 18.3. The summed E-state index contributed by atoms with van der Waals surface area (Å²) in [7, 11) is 3.64. The number of likely N-dealkylation sites (N-methyl/N-ethyl adjacent to an activating group) is 1. The second kappa shape index (κ2) is 6.56. The molecular weight excluding hydrogens is 356 g/mol. The number of hydrogen-bond donors (Lipinski definition) is 2. The summed E-state index contributed by atoms with van der Waals surface area (Å²) < 4.78 is 5.06. The zero-order valence-corrected chi connectivity index (χ0v) is 17.8. The molecule has 1 aliphatic carbocycles. The predicted molar refractivity (Wildman–Crippen MR) is 113 cm³/mol. The van der Waals surface area contributed by atoms with Gasteiger partial charge in [-0.2, -0.15) is 12.6 Å². The number of H-pyrrole nitrogens is 1. The SMILES string of the molecule is COC(=O)C1C[C@@H]2c3ccc(C(C)(C)C)c4[nH]c(CS)c(c34)C[C@H]2N(C)C1. The van der Waals surface area contributed by atoms with E-state index < -0.39 is 0 Å². The monoisotopic (exact) mass is 386 g/mol. The number of thiol groups is 1. The molecule has 1 aliphatic heterocycles. The van der Waals surface area contributed by atoms with Crippen LogP contribution in [-0.4, -0.2) is 42.6 Å². The Kier molecular flexibility index (Phi) is 4.59. The number of aromatic amines is 1. The minimum absolute atomic E-state index is 0.0524. The molecule has 0 radical (unpaired) electrons. The average molecular weight is 387 g/mol. The molecule has 4 rings (SSSR count). The number of benzene rings is 1. The van der Waals surface area contributed by atoms with E-state index in [-0.39, 0.29) is 17.3 Å². The first kappa shape index (κ1) is 18.9. The highest BCUT2D eigenvalue weighted by atomic mass is 32.1. The van der Waals surface area contributed by atoms with Gasteiger partial charge in [-0.3, -0.25) is 4.79 Å². The van der Waals surface area contributed by atoms with Gasteiger partial charge in [0.15, 0.2) is 0 Å². The molecule has 1 aromatic heterocycles. The molecule has 5 heteroatoms. The number of esters is 1. The fraction of sp³-hybridized carbons (Fsp3) is 0.591. The lowest BCUT2D eigenvalue weighted by Crippen LogP contribution is -2.49. The Morgan fingerprint density at radius 3 is 2.74 bits per heavy atom. The fourth-order valence-corrected chi connectivity index (χ4v) is 5.52. The van der Waals surface area contributed by atoms with Gasteiger partial charge in [0.2, 0.25) is 0 Å². The van der Waals surface area contributed by atoms with Crippen molar-refractivity contribution in [2.75, 3.05) is 20.7 Å². The van der Waals surface area contributed by atoms with Crippen LogP contribution in [0.5, 0.6) is 0 Å². The molecule has 1 N–H and O–H groups in total. The van der Waals surface area contributed by atoms with Crippen LogP contribution in [0.1, 0.15) is 55.5 Å². The maximum atomic E-state index is 12.2. The summed E-state index contributed by atoms with van der Waals surface area (Å²) in [5.74, 6) is 0.946. The maximum Gasteiger partial charge on any atom is 0.309 e. The van der Waals surface area contributed by atoms with Gasteiger partial charge in [0.05, 0.1) is 13.0 Å². The number of nitrogens with one attached hydrogen (secondary N) is 1. The summed E-state index contributed by atoms with van der Waals surface area (Å²) >= 11 is 4.60. The summed E-state index contributed by atoms with van der Waals surface area (Å²) in [6, 6.07) is 5.02. The molecule has 1 fully saturated rings. The molecule has 4 nitrogen and oxygen atoms in total. The first-order valence-corrected chi connectivity index (χ1v) is 10.4. The molecule has 2 aliphatic rings. The van der Waals surface area contributed by atoms with Gasteiger partial charge in [-0.15, -0.1) is 0 Å². The lowest BCUT2D eigenvalue weighted by atomic mass is 9.71. The van der Waals surface area contributed by atoms with Crippen molar-refractivity contribution in [1.82, 2.24) is 9.88 Å². The molecule has 1 saturated heterocycles. The number of piperidine rings is 1. The van der Waals surface area contributed by atoms with Gasteiger partial charge in [0.1, 0.15) is 0 Å². The topological polar surface area (TPSA) is 45.3 Å². The van der Waals surface area contributed by atoms with Gasteiger partial charge in [0, 0.05) is 40.9 Å². The molecular formula is C22H30N2O2S. The van der Waals surface area contributed by atoms with Crippen molar-refractivity contribution in [3.8, 4) is 0 Å². The van der Waals surface area contributed by atoms with Crippen LogP contribution in [0.25, 0.3) is 10.9 Å². The number of carbonyl (C=O) groups is 1. The van der Waals surface area contributed by atoms with Gasteiger partial charge in [0.25, 0.3) is 0 Å². The van der Waals surface area contributed by atoms with Crippen LogP contribution in [0.4, 0.5) is 0 Å². The zero-order valence-electron chi connectivity index (χ0n) is 16.9.